The summed E-state index contributed by atoms with van der Waals surface area (Å²) in [6.07, 6.45) is 1.68. The van der Waals surface area contributed by atoms with Crippen molar-refractivity contribution in [2.75, 3.05) is 6.61 Å². The van der Waals surface area contributed by atoms with Crippen molar-refractivity contribution in [3.8, 4) is 22.6 Å². The molecule has 0 amide bonds. The highest BCUT2D eigenvalue weighted by molar-refractivity contribution is 5.88. The smallest absolute Gasteiger partial charge is 0.382 e. The average Bonchev–Trinajstić information content (AvgIpc) is 3.20. The maximum atomic E-state index is 11.9. The highest BCUT2D eigenvalue weighted by Crippen LogP contribution is 2.29. The van der Waals surface area contributed by atoms with Crippen LogP contribution in [0.1, 0.15) is 12.5 Å². The number of hydrogen-bond donors (Lipinski definition) is 1. The molecule has 0 aliphatic carbocycles. The van der Waals surface area contributed by atoms with Gasteiger partial charge in [0.15, 0.2) is 0 Å². The number of nitro groups is 1. The number of ether oxygens (including phenoxy) is 2. The minimum Gasteiger partial charge on any atom is -0.461 e. The van der Waals surface area contributed by atoms with Gasteiger partial charge in [0.1, 0.15) is 11.5 Å². The molecule has 1 atom stereocenters. The first-order valence-corrected chi connectivity index (χ1v) is 10.3. The molecule has 0 fully saturated rings. The van der Waals surface area contributed by atoms with Crippen molar-refractivity contribution >= 4 is 16.9 Å². The maximum absolute atomic E-state index is 11.9. The van der Waals surface area contributed by atoms with Gasteiger partial charge in [-0.3, -0.25) is 10.1 Å². The summed E-state index contributed by atoms with van der Waals surface area (Å²) in [4.78, 5) is 25.9. The molecule has 0 radical (unpaired) electrons. The third-order valence-electron chi connectivity index (χ3n) is 5.16. The molecule has 3 aromatic carbocycles. The number of fused-ring (bicyclic) bond motifs is 1. The molecule has 0 spiro atoms. The van der Waals surface area contributed by atoms with Crippen molar-refractivity contribution < 1.29 is 19.2 Å². The maximum Gasteiger partial charge on any atom is 0.382 e. The van der Waals surface area contributed by atoms with E-state index in [4.69, 9.17) is 9.47 Å². The molecule has 1 aromatic heterocycles. The number of esters is 1. The summed E-state index contributed by atoms with van der Waals surface area (Å²) in [5, 5.41) is 12.2. The van der Waals surface area contributed by atoms with Crippen molar-refractivity contribution in [1.82, 2.24) is 4.98 Å². The molecule has 162 valence electrons. The Morgan fingerprint density at radius 2 is 1.69 bits per heavy atom. The number of aromatic amines is 1. The number of hydrogen-bond acceptors (Lipinski definition) is 5. The van der Waals surface area contributed by atoms with Crippen LogP contribution in [0.2, 0.25) is 0 Å². The first-order chi connectivity index (χ1) is 15.5. The van der Waals surface area contributed by atoms with Gasteiger partial charge in [0.25, 0.3) is 0 Å². The molecule has 1 unspecified atom stereocenters. The summed E-state index contributed by atoms with van der Waals surface area (Å²) in [5.41, 5.74) is 3.55. The van der Waals surface area contributed by atoms with Gasteiger partial charge in [0.05, 0.1) is 13.0 Å². The Morgan fingerprint density at radius 1 is 1.00 bits per heavy atom. The van der Waals surface area contributed by atoms with Crippen LogP contribution in [0, 0.1) is 10.1 Å². The second kappa shape index (κ2) is 9.34. The third kappa shape index (κ3) is 4.62. The minimum absolute atomic E-state index is 0.0310. The van der Waals surface area contributed by atoms with E-state index in [9.17, 15) is 14.9 Å². The van der Waals surface area contributed by atoms with Crippen LogP contribution in [0.5, 0.6) is 11.5 Å². The fraction of sp³-hybridized carbons (Fsp3) is 0.160. The number of carbonyl (C=O) groups is 1. The molecule has 0 saturated heterocycles. The number of aromatic nitrogens is 1. The average molecular weight is 430 g/mol. The van der Waals surface area contributed by atoms with Crippen molar-refractivity contribution in [3.05, 3.63) is 94.7 Å². The Bertz CT molecular complexity index is 1230. The Hall–Kier alpha value is -4.13. The lowest BCUT2D eigenvalue weighted by molar-refractivity contribution is -0.510. The molecule has 4 rings (SSSR count). The summed E-state index contributed by atoms with van der Waals surface area (Å²) in [6.45, 7) is 1.73. The molecular weight excluding hydrogens is 408 g/mol. The summed E-state index contributed by atoms with van der Waals surface area (Å²) in [7, 11) is 0. The van der Waals surface area contributed by atoms with E-state index in [0.717, 1.165) is 33.5 Å². The zero-order valence-corrected chi connectivity index (χ0v) is 17.5. The van der Waals surface area contributed by atoms with E-state index in [2.05, 4.69) is 4.98 Å². The molecule has 7 heteroatoms. The third-order valence-corrected chi connectivity index (χ3v) is 5.16. The summed E-state index contributed by atoms with van der Waals surface area (Å²) < 4.78 is 10.7. The Labute approximate surface area is 184 Å². The normalized spacial score (nSPS) is 11.8. The summed E-state index contributed by atoms with van der Waals surface area (Å²) in [5.74, 6) is 0.700. The largest absolute Gasteiger partial charge is 0.461 e. The number of nitrogens with one attached hydrogen (secondary N) is 1. The standard InChI is InChI=1S/C25H22N2O5/c1-2-31-25(28)24(27(29)30)15-19-16-26-23-14-18(10-13-22(19)23)17-8-11-21(12-9-17)32-20-6-4-3-5-7-20/h3-14,16,24,26H,2,15H2,1H3. The van der Waals surface area contributed by atoms with Gasteiger partial charge in [0, 0.05) is 22.0 Å². The quantitative estimate of drug-likeness (QED) is 0.230. The molecular formula is C25H22N2O5. The molecule has 0 bridgehead atoms. The number of H-pyrrole nitrogens is 1. The van der Waals surface area contributed by atoms with Crippen LogP contribution in [-0.2, 0) is 16.0 Å². The topological polar surface area (TPSA) is 94.5 Å². The van der Waals surface area contributed by atoms with Crippen LogP contribution in [0.15, 0.2) is 79.0 Å². The van der Waals surface area contributed by atoms with Gasteiger partial charge in [-0.15, -0.1) is 0 Å². The van der Waals surface area contributed by atoms with Gasteiger partial charge in [-0.05, 0) is 53.9 Å². The number of para-hydroxylation sites is 1. The predicted octanol–water partition coefficient (Wildman–Crippen LogP) is 5.38. The lowest BCUT2D eigenvalue weighted by Crippen LogP contribution is -2.33. The molecule has 7 nitrogen and oxygen atoms in total. The Kier molecular flexibility index (Phi) is 6.17. The van der Waals surface area contributed by atoms with E-state index in [-0.39, 0.29) is 13.0 Å². The fourth-order valence-corrected chi connectivity index (χ4v) is 3.57. The van der Waals surface area contributed by atoms with Gasteiger partial charge in [0.2, 0.25) is 0 Å². The molecule has 1 N–H and O–H groups in total. The van der Waals surface area contributed by atoms with Gasteiger partial charge in [-0.25, -0.2) is 4.79 Å². The summed E-state index contributed by atoms with van der Waals surface area (Å²) in [6, 6.07) is 21.8. The molecule has 32 heavy (non-hydrogen) atoms. The van der Waals surface area contributed by atoms with E-state index >= 15 is 0 Å². The van der Waals surface area contributed by atoms with Crippen molar-refractivity contribution in [2.45, 2.75) is 19.4 Å². The second-order valence-electron chi connectivity index (χ2n) is 7.27. The number of nitrogens with zero attached hydrogens (tertiary/aromatic N) is 1. The van der Waals surface area contributed by atoms with E-state index < -0.39 is 16.9 Å². The van der Waals surface area contributed by atoms with E-state index in [0.29, 0.717) is 5.56 Å². The molecule has 0 aliphatic heterocycles. The van der Waals surface area contributed by atoms with E-state index in [1.807, 2.05) is 72.8 Å². The van der Waals surface area contributed by atoms with E-state index in [1.165, 1.54) is 0 Å². The van der Waals surface area contributed by atoms with Gasteiger partial charge in [-0.2, -0.15) is 0 Å². The van der Waals surface area contributed by atoms with Crippen LogP contribution < -0.4 is 4.74 Å². The SMILES string of the molecule is CCOC(=O)C(Cc1c[nH]c2cc(-c3ccc(Oc4ccccc4)cc3)ccc12)[N+](=O)[O-]. The van der Waals surface area contributed by atoms with Gasteiger partial charge < -0.3 is 14.5 Å². The molecule has 1 heterocycles. The first kappa shape index (κ1) is 21.1. The Morgan fingerprint density at radius 3 is 2.38 bits per heavy atom. The summed E-state index contributed by atoms with van der Waals surface area (Å²) >= 11 is 0. The lowest BCUT2D eigenvalue weighted by Gasteiger charge is -2.09. The second-order valence-corrected chi connectivity index (χ2v) is 7.27. The monoisotopic (exact) mass is 430 g/mol. The Balaban J connectivity index is 1.53. The predicted molar refractivity (Wildman–Crippen MR) is 121 cm³/mol. The first-order valence-electron chi connectivity index (χ1n) is 10.3. The van der Waals surface area contributed by atoms with Crippen molar-refractivity contribution in [3.63, 3.8) is 0 Å². The fourth-order valence-electron chi connectivity index (χ4n) is 3.57. The molecule has 0 aliphatic rings. The van der Waals surface area contributed by atoms with Crippen LogP contribution in [0.4, 0.5) is 0 Å². The lowest BCUT2D eigenvalue weighted by atomic mass is 10.0. The highest BCUT2D eigenvalue weighted by Gasteiger charge is 2.32. The van der Waals surface area contributed by atoms with Gasteiger partial charge >= 0.3 is 12.0 Å². The molecule has 4 aromatic rings. The number of rotatable bonds is 8. The van der Waals surface area contributed by atoms with Crippen molar-refractivity contribution in [2.24, 2.45) is 0 Å². The zero-order chi connectivity index (χ0) is 22.5. The van der Waals surface area contributed by atoms with Gasteiger partial charge in [-0.1, -0.05) is 42.5 Å². The number of benzene rings is 3. The minimum atomic E-state index is -1.43. The zero-order valence-electron chi connectivity index (χ0n) is 17.5. The van der Waals surface area contributed by atoms with Crippen molar-refractivity contribution in [1.29, 1.82) is 0 Å². The highest BCUT2D eigenvalue weighted by atomic mass is 16.6. The number of carbonyl (C=O) groups excluding carboxylic acids is 1. The van der Waals surface area contributed by atoms with Crippen LogP contribution >= 0.6 is 0 Å². The van der Waals surface area contributed by atoms with Crippen LogP contribution in [0.3, 0.4) is 0 Å². The van der Waals surface area contributed by atoms with Crippen LogP contribution in [-0.4, -0.2) is 28.5 Å². The van der Waals surface area contributed by atoms with Crippen LogP contribution in [0.25, 0.3) is 22.0 Å². The molecule has 0 saturated carbocycles. The van der Waals surface area contributed by atoms with E-state index in [1.54, 1.807) is 13.1 Å².